The van der Waals surface area contributed by atoms with E-state index in [2.05, 4.69) is 0 Å². The average Bonchev–Trinajstić information content (AvgIpc) is 3.22. The van der Waals surface area contributed by atoms with Crippen LogP contribution in [0.2, 0.25) is 0 Å². The Bertz CT molecular complexity index is 973. The van der Waals surface area contributed by atoms with Gasteiger partial charge < -0.3 is 14.4 Å². The molecule has 9 heteroatoms. The van der Waals surface area contributed by atoms with Crippen LogP contribution < -0.4 is 4.90 Å². The number of carbonyl (C=O) groups is 2. The zero-order valence-electron chi connectivity index (χ0n) is 18.4. The SMILES string of the molecule is CC(C)(C)OC(=O)N1CCC(N(C(=O)OCc2ccccc2)c2ccccc2[N+](=O)[O-])C1. The molecular weight excluding hydrogens is 414 g/mol. The molecule has 0 aromatic heterocycles. The number of nitro groups is 1. The molecular formula is C23H27N3O6. The number of hydrogen-bond donors (Lipinski definition) is 0. The van der Waals surface area contributed by atoms with Gasteiger partial charge in [0.15, 0.2) is 0 Å². The van der Waals surface area contributed by atoms with E-state index in [1.54, 1.807) is 26.8 Å². The van der Waals surface area contributed by atoms with Gasteiger partial charge in [0, 0.05) is 19.2 Å². The summed E-state index contributed by atoms with van der Waals surface area (Å²) in [6.45, 7) is 5.90. The van der Waals surface area contributed by atoms with Crippen molar-refractivity contribution in [2.24, 2.45) is 0 Å². The third-order valence-electron chi connectivity index (χ3n) is 4.92. The maximum atomic E-state index is 13.1. The van der Waals surface area contributed by atoms with Gasteiger partial charge >= 0.3 is 12.2 Å². The van der Waals surface area contributed by atoms with Gasteiger partial charge in [0.2, 0.25) is 0 Å². The van der Waals surface area contributed by atoms with Crippen LogP contribution in [0.15, 0.2) is 54.6 Å². The molecule has 1 aliphatic heterocycles. The van der Waals surface area contributed by atoms with E-state index >= 15 is 0 Å². The molecule has 32 heavy (non-hydrogen) atoms. The smallest absolute Gasteiger partial charge is 0.415 e. The highest BCUT2D eigenvalue weighted by atomic mass is 16.6. The van der Waals surface area contributed by atoms with Gasteiger partial charge in [-0.2, -0.15) is 0 Å². The second-order valence-corrected chi connectivity index (χ2v) is 8.52. The van der Waals surface area contributed by atoms with Crippen molar-refractivity contribution in [2.45, 2.75) is 45.4 Å². The van der Waals surface area contributed by atoms with E-state index in [9.17, 15) is 19.7 Å². The summed E-state index contributed by atoms with van der Waals surface area (Å²) in [5.74, 6) is 0. The topological polar surface area (TPSA) is 102 Å². The second kappa shape index (κ2) is 9.67. The van der Waals surface area contributed by atoms with E-state index in [1.165, 1.54) is 28.0 Å². The number of nitrogens with zero attached hydrogens (tertiary/aromatic N) is 3. The molecule has 1 heterocycles. The van der Waals surface area contributed by atoms with Crippen molar-refractivity contribution in [3.8, 4) is 0 Å². The summed E-state index contributed by atoms with van der Waals surface area (Å²) in [6, 6.07) is 14.7. The number of amides is 2. The molecule has 0 radical (unpaired) electrons. The molecule has 0 N–H and O–H groups in total. The monoisotopic (exact) mass is 441 g/mol. The predicted octanol–water partition coefficient (Wildman–Crippen LogP) is 4.75. The van der Waals surface area contributed by atoms with Crippen molar-refractivity contribution in [3.05, 3.63) is 70.3 Å². The van der Waals surface area contributed by atoms with Crippen molar-refractivity contribution in [1.29, 1.82) is 0 Å². The lowest BCUT2D eigenvalue weighted by molar-refractivity contribution is -0.384. The Hall–Kier alpha value is -3.62. The van der Waals surface area contributed by atoms with Crippen LogP contribution in [-0.4, -0.2) is 46.7 Å². The van der Waals surface area contributed by atoms with E-state index in [1.807, 2.05) is 30.3 Å². The van der Waals surface area contributed by atoms with Crippen LogP contribution in [0.1, 0.15) is 32.8 Å². The molecule has 2 amide bonds. The van der Waals surface area contributed by atoms with Crippen LogP contribution >= 0.6 is 0 Å². The van der Waals surface area contributed by atoms with Gasteiger partial charge in [-0.15, -0.1) is 0 Å². The molecule has 2 aromatic carbocycles. The summed E-state index contributed by atoms with van der Waals surface area (Å²) in [7, 11) is 0. The van der Waals surface area contributed by atoms with E-state index < -0.39 is 28.8 Å². The summed E-state index contributed by atoms with van der Waals surface area (Å²) in [5, 5.41) is 11.6. The zero-order valence-corrected chi connectivity index (χ0v) is 18.4. The van der Waals surface area contributed by atoms with E-state index in [0.29, 0.717) is 13.0 Å². The largest absolute Gasteiger partial charge is 0.444 e. The van der Waals surface area contributed by atoms with Crippen LogP contribution in [0, 0.1) is 10.1 Å². The van der Waals surface area contributed by atoms with Crippen LogP contribution in [0.4, 0.5) is 21.0 Å². The molecule has 170 valence electrons. The highest BCUT2D eigenvalue weighted by Gasteiger charge is 2.38. The van der Waals surface area contributed by atoms with Crippen molar-refractivity contribution in [2.75, 3.05) is 18.0 Å². The van der Waals surface area contributed by atoms with E-state index in [-0.39, 0.29) is 24.5 Å². The highest BCUT2D eigenvalue weighted by molar-refractivity contribution is 5.91. The number of anilines is 1. The number of ether oxygens (including phenoxy) is 2. The molecule has 0 saturated carbocycles. The fourth-order valence-corrected chi connectivity index (χ4v) is 3.50. The Balaban J connectivity index is 1.84. The molecule has 1 fully saturated rings. The first kappa shape index (κ1) is 23.1. The number of carbonyl (C=O) groups excluding carboxylic acids is 2. The molecule has 0 spiro atoms. The summed E-state index contributed by atoms with van der Waals surface area (Å²) >= 11 is 0. The minimum atomic E-state index is -0.709. The summed E-state index contributed by atoms with van der Waals surface area (Å²) in [5.41, 5.74) is 0.0680. The first-order chi connectivity index (χ1) is 15.2. The minimum absolute atomic E-state index is 0.0271. The van der Waals surface area contributed by atoms with E-state index in [4.69, 9.17) is 9.47 Å². The Labute approximate surface area is 186 Å². The number of benzene rings is 2. The van der Waals surface area contributed by atoms with Crippen molar-refractivity contribution < 1.29 is 24.0 Å². The molecule has 1 unspecified atom stereocenters. The normalized spacial score (nSPS) is 15.8. The molecule has 2 aromatic rings. The van der Waals surface area contributed by atoms with Gasteiger partial charge in [-0.25, -0.2) is 9.59 Å². The maximum absolute atomic E-state index is 13.1. The fourth-order valence-electron chi connectivity index (χ4n) is 3.50. The number of likely N-dealkylation sites (tertiary alicyclic amines) is 1. The van der Waals surface area contributed by atoms with Crippen LogP contribution in [0.25, 0.3) is 0 Å². The van der Waals surface area contributed by atoms with Crippen molar-refractivity contribution in [1.82, 2.24) is 4.90 Å². The summed E-state index contributed by atoms with van der Waals surface area (Å²) in [4.78, 5) is 39.5. The molecule has 1 aliphatic rings. The first-order valence-electron chi connectivity index (χ1n) is 10.4. The standard InChI is InChI=1S/C23H27N3O6/c1-23(2,3)32-21(27)24-14-13-18(15-24)25(19-11-7-8-12-20(19)26(29)30)22(28)31-16-17-9-5-4-6-10-17/h4-12,18H,13-16H2,1-3H3. The van der Waals surface area contributed by atoms with Gasteiger partial charge in [0.25, 0.3) is 5.69 Å². The Morgan fingerprint density at radius 3 is 2.44 bits per heavy atom. The van der Waals surface area contributed by atoms with Crippen LogP contribution in [0.5, 0.6) is 0 Å². The molecule has 1 atom stereocenters. The number of hydrogen-bond acceptors (Lipinski definition) is 6. The van der Waals surface area contributed by atoms with Gasteiger partial charge in [-0.3, -0.25) is 15.0 Å². The van der Waals surface area contributed by atoms with Gasteiger partial charge in [0.1, 0.15) is 17.9 Å². The Morgan fingerprint density at radius 2 is 1.78 bits per heavy atom. The highest BCUT2D eigenvalue weighted by Crippen LogP contribution is 2.32. The third-order valence-corrected chi connectivity index (χ3v) is 4.92. The lowest BCUT2D eigenvalue weighted by Gasteiger charge is -2.29. The maximum Gasteiger partial charge on any atom is 0.415 e. The summed E-state index contributed by atoms with van der Waals surface area (Å²) in [6.07, 6.45) is -0.759. The van der Waals surface area contributed by atoms with E-state index in [0.717, 1.165) is 5.56 Å². The molecule has 3 rings (SSSR count). The average molecular weight is 441 g/mol. The fraction of sp³-hybridized carbons (Fsp3) is 0.391. The quantitative estimate of drug-likeness (QED) is 0.490. The molecule has 9 nitrogen and oxygen atoms in total. The van der Waals surface area contributed by atoms with Gasteiger partial charge in [-0.05, 0) is 38.8 Å². The zero-order chi connectivity index (χ0) is 23.3. The Kier molecular flexibility index (Phi) is 6.97. The molecule has 0 aliphatic carbocycles. The minimum Gasteiger partial charge on any atom is -0.444 e. The molecule has 0 bridgehead atoms. The summed E-state index contributed by atoms with van der Waals surface area (Å²) < 4.78 is 10.9. The Morgan fingerprint density at radius 1 is 1.12 bits per heavy atom. The lowest BCUT2D eigenvalue weighted by Crippen LogP contribution is -2.44. The van der Waals surface area contributed by atoms with Crippen molar-refractivity contribution >= 4 is 23.6 Å². The van der Waals surface area contributed by atoms with Crippen LogP contribution in [-0.2, 0) is 16.1 Å². The molecule has 1 saturated heterocycles. The third kappa shape index (κ3) is 5.75. The number of rotatable bonds is 5. The second-order valence-electron chi connectivity index (χ2n) is 8.52. The first-order valence-corrected chi connectivity index (χ1v) is 10.4. The number of nitro benzene ring substituents is 1. The van der Waals surface area contributed by atoms with Crippen LogP contribution in [0.3, 0.4) is 0 Å². The predicted molar refractivity (Wildman–Crippen MR) is 118 cm³/mol. The van der Waals surface area contributed by atoms with Crippen molar-refractivity contribution in [3.63, 3.8) is 0 Å². The van der Waals surface area contributed by atoms with Gasteiger partial charge in [-0.1, -0.05) is 42.5 Å². The number of para-hydroxylation sites is 2. The van der Waals surface area contributed by atoms with Gasteiger partial charge in [0.05, 0.1) is 11.0 Å². The lowest BCUT2D eigenvalue weighted by atomic mass is 10.1.